The molecule has 0 radical (unpaired) electrons. The summed E-state index contributed by atoms with van der Waals surface area (Å²) in [7, 11) is 1.49. The summed E-state index contributed by atoms with van der Waals surface area (Å²) in [6, 6.07) is 4.04. The standard InChI is InChI=1S/C10H9IN2S/c11-14-7-5-8-3-4-9-10(13-8)2-1-6-12-9/h3-4,12H,1-2,6H2. The first kappa shape index (κ1) is 10.1. The number of halogens is 1. The van der Waals surface area contributed by atoms with Gasteiger partial charge in [-0.3, -0.25) is 0 Å². The second-order valence-corrected chi connectivity index (χ2v) is 4.70. The average Bonchev–Trinajstić information content (AvgIpc) is 2.26. The van der Waals surface area contributed by atoms with Crippen molar-refractivity contribution in [2.24, 2.45) is 0 Å². The lowest BCUT2D eigenvalue weighted by atomic mass is 10.1. The van der Waals surface area contributed by atoms with Gasteiger partial charge >= 0.3 is 0 Å². The molecule has 1 aromatic heterocycles. The maximum atomic E-state index is 4.50. The SMILES string of the molecule is ISC#Cc1ccc2c(n1)CCCN2. The third kappa shape index (κ3) is 2.34. The molecule has 0 aromatic carbocycles. The van der Waals surface area contributed by atoms with Gasteiger partial charge in [-0.15, -0.1) is 0 Å². The van der Waals surface area contributed by atoms with Crippen LogP contribution in [0.3, 0.4) is 0 Å². The molecule has 1 aromatic rings. The van der Waals surface area contributed by atoms with E-state index in [0.29, 0.717) is 0 Å². The maximum absolute atomic E-state index is 4.50. The molecule has 0 saturated carbocycles. The summed E-state index contributed by atoms with van der Waals surface area (Å²) < 4.78 is 0. The van der Waals surface area contributed by atoms with Gasteiger partial charge in [0.1, 0.15) is 5.69 Å². The molecule has 2 nitrogen and oxygen atoms in total. The van der Waals surface area contributed by atoms with Gasteiger partial charge < -0.3 is 5.32 Å². The first-order valence-electron chi connectivity index (χ1n) is 4.42. The van der Waals surface area contributed by atoms with E-state index in [4.69, 9.17) is 0 Å². The molecule has 1 aliphatic rings. The number of fused-ring (bicyclic) bond motifs is 1. The number of pyridine rings is 1. The minimum absolute atomic E-state index is 0.872. The second kappa shape index (κ2) is 4.89. The highest BCUT2D eigenvalue weighted by atomic mass is 127. The number of aryl methyl sites for hydroxylation is 1. The Hall–Kier alpha value is -0.410. The summed E-state index contributed by atoms with van der Waals surface area (Å²) in [6.07, 6.45) is 2.23. The molecule has 1 aliphatic heterocycles. The lowest BCUT2D eigenvalue weighted by Gasteiger charge is -2.16. The molecule has 1 N–H and O–H groups in total. The summed E-state index contributed by atoms with van der Waals surface area (Å²) in [5.41, 5.74) is 3.20. The van der Waals surface area contributed by atoms with Crippen molar-refractivity contribution in [1.82, 2.24) is 4.98 Å². The highest BCUT2D eigenvalue weighted by Crippen LogP contribution is 2.19. The Morgan fingerprint density at radius 3 is 3.29 bits per heavy atom. The zero-order chi connectivity index (χ0) is 9.80. The van der Waals surface area contributed by atoms with Crippen LogP contribution in [0.15, 0.2) is 12.1 Å². The number of hydrogen-bond acceptors (Lipinski definition) is 3. The van der Waals surface area contributed by atoms with E-state index >= 15 is 0 Å². The molecule has 0 atom stereocenters. The van der Waals surface area contributed by atoms with Gasteiger partial charge in [-0.2, -0.15) is 0 Å². The van der Waals surface area contributed by atoms with E-state index in [2.05, 4.69) is 48.7 Å². The van der Waals surface area contributed by atoms with E-state index in [9.17, 15) is 0 Å². The maximum Gasteiger partial charge on any atom is 0.114 e. The van der Waals surface area contributed by atoms with E-state index in [1.807, 2.05) is 6.07 Å². The number of aromatic nitrogens is 1. The van der Waals surface area contributed by atoms with Crippen LogP contribution in [-0.2, 0) is 6.42 Å². The zero-order valence-electron chi connectivity index (χ0n) is 7.51. The van der Waals surface area contributed by atoms with Gasteiger partial charge in [-0.25, -0.2) is 4.98 Å². The molecular weight excluding hydrogens is 307 g/mol. The third-order valence-corrected chi connectivity index (χ3v) is 2.94. The number of nitrogens with zero attached hydrogens (tertiary/aromatic N) is 1. The molecule has 0 amide bonds. The van der Waals surface area contributed by atoms with Crippen LogP contribution in [0.1, 0.15) is 17.8 Å². The Balaban J connectivity index is 2.29. The second-order valence-electron chi connectivity index (χ2n) is 3.03. The van der Waals surface area contributed by atoms with Crippen LogP contribution in [0.4, 0.5) is 5.69 Å². The Labute approximate surface area is 99.9 Å². The summed E-state index contributed by atoms with van der Waals surface area (Å²) in [6.45, 7) is 1.06. The predicted octanol–water partition coefficient (Wildman–Crippen LogP) is 2.83. The minimum Gasteiger partial charge on any atom is -0.384 e. The van der Waals surface area contributed by atoms with Gasteiger partial charge in [-0.1, -0.05) is 0 Å². The fourth-order valence-electron chi connectivity index (χ4n) is 1.47. The molecule has 0 bridgehead atoms. The largest absolute Gasteiger partial charge is 0.384 e. The number of hydrogen-bond donors (Lipinski definition) is 1. The molecule has 0 spiro atoms. The smallest absolute Gasteiger partial charge is 0.114 e. The van der Waals surface area contributed by atoms with Crippen LogP contribution in [-0.4, -0.2) is 11.5 Å². The fourth-order valence-corrected chi connectivity index (χ4v) is 1.95. The Kier molecular flexibility index (Phi) is 3.54. The van der Waals surface area contributed by atoms with Gasteiger partial charge in [0, 0.05) is 27.8 Å². The molecule has 0 unspecified atom stereocenters. The van der Waals surface area contributed by atoms with Gasteiger partial charge in [-0.05, 0) is 45.1 Å². The molecule has 0 aliphatic carbocycles. The minimum atomic E-state index is 0.872. The Morgan fingerprint density at radius 2 is 2.43 bits per heavy atom. The fraction of sp³-hybridized carbons (Fsp3) is 0.300. The van der Waals surface area contributed by atoms with Gasteiger partial charge in [0.2, 0.25) is 0 Å². The molecule has 4 heteroatoms. The first-order chi connectivity index (χ1) is 6.90. The summed E-state index contributed by atoms with van der Waals surface area (Å²) >= 11 is 2.16. The summed E-state index contributed by atoms with van der Waals surface area (Å²) in [5, 5.41) is 6.27. The monoisotopic (exact) mass is 316 g/mol. The van der Waals surface area contributed by atoms with E-state index in [1.54, 1.807) is 0 Å². The van der Waals surface area contributed by atoms with Crippen molar-refractivity contribution in [1.29, 1.82) is 0 Å². The van der Waals surface area contributed by atoms with Gasteiger partial charge in [0.15, 0.2) is 0 Å². The van der Waals surface area contributed by atoms with Crippen LogP contribution in [0.25, 0.3) is 0 Å². The molecule has 2 rings (SSSR count). The third-order valence-electron chi connectivity index (χ3n) is 2.10. The normalized spacial score (nSPS) is 13.5. The van der Waals surface area contributed by atoms with Crippen molar-refractivity contribution < 1.29 is 0 Å². The topological polar surface area (TPSA) is 24.9 Å². The Bertz CT molecular complexity index is 395. The van der Waals surface area contributed by atoms with E-state index in [1.165, 1.54) is 14.6 Å². The van der Waals surface area contributed by atoms with Crippen molar-refractivity contribution >= 4 is 35.8 Å². The predicted molar refractivity (Wildman–Crippen MR) is 69.5 cm³/mol. The molecular formula is C10H9IN2S. The van der Waals surface area contributed by atoms with E-state index in [0.717, 1.165) is 30.8 Å². The van der Waals surface area contributed by atoms with Crippen LogP contribution in [0.2, 0.25) is 0 Å². The molecule has 0 fully saturated rings. The lowest BCUT2D eigenvalue weighted by molar-refractivity contribution is 0.800. The molecule has 2 heterocycles. The van der Waals surface area contributed by atoms with Gasteiger partial charge in [0.05, 0.1) is 11.4 Å². The van der Waals surface area contributed by atoms with Crippen molar-refractivity contribution in [3.05, 3.63) is 23.5 Å². The van der Waals surface area contributed by atoms with Crippen molar-refractivity contribution in [3.63, 3.8) is 0 Å². The van der Waals surface area contributed by atoms with Crippen LogP contribution in [0.5, 0.6) is 0 Å². The highest BCUT2D eigenvalue weighted by molar-refractivity contribution is 14.2. The summed E-state index contributed by atoms with van der Waals surface area (Å²) in [4.78, 5) is 4.50. The van der Waals surface area contributed by atoms with Crippen LogP contribution < -0.4 is 5.32 Å². The van der Waals surface area contributed by atoms with Gasteiger partial charge in [0.25, 0.3) is 0 Å². The lowest BCUT2D eigenvalue weighted by Crippen LogP contribution is -2.13. The average molecular weight is 316 g/mol. The highest BCUT2D eigenvalue weighted by Gasteiger charge is 2.09. The quantitative estimate of drug-likeness (QED) is 0.588. The van der Waals surface area contributed by atoms with Crippen molar-refractivity contribution in [3.8, 4) is 11.2 Å². The van der Waals surface area contributed by atoms with Crippen molar-refractivity contribution in [2.45, 2.75) is 12.8 Å². The molecule has 0 saturated heterocycles. The van der Waals surface area contributed by atoms with E-state index < -0.39 is 0 Å². The molecule has 14 heavy (non-hydrogen) atoms. The summed E-state index contributed by atoms with van der Waals surface area (Å²) in [5.74, 6) is 3.01. The number of anilines is 1. The van der Waals surface area contributed by atoms with Crippen molar-refractivity contribution in [2.75, 3.05) is 11.9 Å². The number of rotatable bonds is 0. The Morgan fingerprint density at radius 1 is 1.50 bits per heavy atom. The first-order valence-corrected chi connectivity index (χ1v) is 7.78. The zero-order valence-corrected chi connectivity index (χ0v) is 10.5. The number of nitrogens with one attached hydrogen (secondary N) is 1. The molecule has 72 valence electrons. The van der Waals surface area contributed by atoms with Crippen LogP contribution >= 0.6 is 30.1 Å². The van der Waals surface area contributed by atoms with Crippen LogP contribution in [0, 0.1) is 11.2 Å². The van der Waals surface area contributed by atoms with E-state index in [-0.39, 0.29) is 0 Å².